The van der Waals surface area contributed by atoms with Gasteiger partial charge in [0.25, 0.3) is 16.6 Å². The molecule has 0 amide bonds. The zero-order valence-electron chi connectivity index (χ0n) is 35.9. The van der Waals surface area contributed by atoms with Gasteiger partial charge in [-0.15, -0.1) is 0 Å². The standard InChI is InChI=1S/C46H66N2O4Si2/c1-29(2)53(30(3)4,31(5)6)51-45-27-43-41(25-35(45)13)42-26-36(14)46(52-54(32(7)8,33(9)10)34(11)12)28-44(42)48(38-19-23-40(50-16)24-20-38)47(43)37-17-21-39(49-15)22-18-37/h17-34H,1-16H3. The lowest BCUT2D eigenvalue weighted by molar-refractivity contribution is 0.414. The highest BCUT2D eigenvalue weighted by Gasteiger charge is 2.49. The Morgan fingerprint density at radius 1 is 0.426 bits per heavy atom. The van der Waals surface area contributed by atoms with E-state index >= 15 is 0 Å². The van der Waals surface area contributed by atoms with Crippen molar-refractivity contribution in [2.24, 2.45) is 0 Å². The summed E-state index contributed by atoms with van der Waals surface area (Å²) in [5.41, 5.74) is 11.4. The second kappa shape index (κ2) is 16.1. The summed E-state index contributed by atoms with van der Waals surface area (Å²) in [7, 11) is -1.10. The number of fused-ring (bicyclic) bond motifs is 3. The predicted octanol–water partition coefficient (Wildman–Crippen LogP) is 14.3. The van der Waals surface area contributed by atoms with Gasteiger partial charge in [0, 0.05) is 23.3 Å². The van der Waals surface area contributed by atoms with E-state index in [4.69, 9.17) is 18.3 Å². The van der Waals surface area contributed by atoms with E-state index in [-0.39, 0.29) is 0 Å². The first-order chi connectivity index (χ1) is 25.4. The zero-order valence-corrected chi connectivity index (χ0v) is 37.9. The van der Waals surface area contributed by atoms with E-state index in [1.54, 1.807) is 14.2 Å². The maximum absolute atomic E-state index is 7.47. The average Bonchev–Trinajstić information content (AvgIpc) is 3.12. The van der Waals surface area contributed by atoms with Crippen LogP contribution in [0.3, 0.4) is 0 Å². The van der Waals surface area contributed by atoms with Gasteiger partial charge < -0.3 is 18.3 Å². The smallest absolute Gasteiger partial charge is 0.258 e. The molecule has 0 atom stereocenters. The minimum Gasteiger partial charge on any atom is -0.542 e. The Labute approximate surface area is 329 Å². The molecule has 1 heterocycles. The van der Waals surface area contributed by atoms with Gasteiger partial charge in [-0.3, -0.25) is 0 Å². The van der Waals surface area contributed by atoms with Crippen molar-refractivity contribution in [3.05, 3.63) is 83.9 Å². The van der Waals surface area contributed by atoms with Crippen LogP contribution in [0.15, 0.2) is 72.8 Å². The Bertz CT molecular complexity index is 1720. The highest BCUT2D eigenvalue weighted by molar-refractivity contribution is 6.78. The largest absolute Gasteiger partial charge is 0.542 e. The number of hydrogen-bond acceptors (Lipinski definition) is 6. The Balaban J connectivity index is 1.87. The molecule has 1 aliphatic rings. The molecule has 1 aliphatic heterocycles. The van der Waals surface area contributed by atoms with Gasteiger partial charge in [-0.05, 0) is 119 Å². The van der Waals surface area contributed by atoms with Crippen molar-refractivity contribution < 1.29 is 18.3 Å². The van der Waals surface area contributed by atoms with E-state index in [2.05, 4.69) is 155 Å². The molecule has 6 nitrogen and oxygen atoms in total. The van der Waals surface area contributed by atoms with Crippen LogP contribution in [-0.4, -0.2) is 30.9 Å². The average molecular weight is 767 g/mol. The van der Waals surface area contributed by atoms with E-state index in [9.17, 15) is 0 Å². The number of nitrogens with zero attached hydrogens (tertiary/aromatic N) is 2. The number of hydrogen-bond donors (Lipinski definition) is 0. The molecule has 292 valence electrons. The lowest BCUT2D eigenvalue weighted by Gasteiger charge is -2.46. The summed E-state index contributed by atoms with van der Waals surface area (Å²) in [5, 5.41) is 4.68. The van der Waals surface area contributed by atoms with Crippen molar-refractivity contribution >= 4 is 39.4 Å². The SMILES string of the molecule is COc1ccc(N2c3cc(O[Si](C(C)C)(C(C)C)C(C)C)c(C)cc3-c3cc(C)c(O[Si](C(C)C)(C(C)C)C(C)C)cc3N2c2ccc(OC)cc2)cc1. The van der Waals surface area contributed by atoms with Crippen LogP contribution < -0.4 is 28.3 Å². The monoisotopic (exact) mass is 766 g/mol. The molecule has 0 unspecified atom stereocenters. The van der Waals surface area contributed by atoms with Gasteiger partial charge in [0.2, 0.25) is 0 Å². The molecule has 0 saturated carbocycles. The molecule has 4 aromatic rings. The molecule has 8 heteroatoms. The van der Waals surface area contributed by atoms with E-state index in [0.717, 1.165) is 68.0 Å². The predicted molar refractivity (Wildman–Crippen MR) is 235 cm³/mol. The number of anilines is 4. The molecule has 0 aromatic heterocycles. The van der Waals surface area contributed by atoms with Gasteiger partial charge in [0.15, 0.2) is 0 Å². The number of benzene rings is 4. The fraction of sp³-hybridized carbons (Fsp3) is 0.478. The van der Waals surface area contributed by atoms with Gasteiger partial charge in [-0.25, -0.2) is 10.0 Å². The molecule has 0 radical (unpaired) electrons. The summed E-state index contributed by atoms with van der Waals surface area (Å²) in [4.78, 5) is 0. The van der Waals surface area contributed by atoms with Crippen LogP contribution in [0.5, 0.6) is 23.0 Å². The van der Waals surface area contributed by atoms with Crippen LogP contribution in [0.4, 0.5) is 22.7 Å². The zero-order chi connectivity index (χ0) is 39.9. The molecule has 0 bridgehead atoms. The second-order valence-electron chi connectivity index (χ2n) is 17.1. The summed E-state index contributed by atoms with van der Waals surface area (Å²) >= 11 is 0. The normalized spacial score (nSPS) is 13.4. The van der Waals surface area contributed by atoms with Crippen LogP contribution in [0.1, 0.15) is 94.2 Å². The lowest BCUT2D eigenvalue weighted by atomic mass is 9.94. The summed E-state index contributed by atoms with van der Waals surface area (Å²) < 4.78 is 26.2. The van der Waals surface area contributed by atoms with Crippen molar-refractivity contribution in [1.29, 1.82) is 0 Å². The molecule has 54 heavy (non-hydrogen) atoms. The summed E-state index contributed by atoms with van der Waals surface area (Å²) in [6.07, 6.45) is 0. The molecule has 0 saturated heterocycles. The highest BCUT2D eigenvalue weighted by Crippen LogP contribution is 2.55. The van der Waals surface area contributed by atoms with Gasteiger partial charge in [0.1, 0.15) is 23.0 Å². The van der Waals surface area contributed by atoms with Crippen molar-refractivity contribution in [1.82, 2.24) is 0 Å². The van der Waals surface area contributed by atoms with Crippen LogP contribution in [0.25, 0.3) is 11.1 Å². The van der Waals surface area contributed by atoms with E-state index in [1.807, 2.05) is 24.3 Å². The Morgan fingerprint density at radius 3 is 0.944 bits per heavy atom. The molecule has 0 spiro atoms. The van der Waals surface area contributed by atoms with E-state index in [0.29, 0.717) is 33.2 Å². The van der Waals surface area contributed by atoms with Crippen LogP contribution in [-0.2, 0) is 0 Å². The van der Waals surface area contributed by atoms with Crippen molar-refractivity contribution in [2.75, 3.05) is 24.2 Å². The summed E-state index contributed by atoms with van der Waals surface area (Å²) in [5.74, 6) is 3.55. The third kappa shape index (κ3) is 7.16. The van der Waals surface area contributed by atoms with Crippen LogP contribution >= 0.6 is 0 Å². The molecule has 5 rings (SSSR count). The maximum Gasteiger partial charge on any atom is 0.258 e. The Morgan fingerprint density at radius 2 is 0.704 bits per heavy atom. The molecule has 0 fully saturated rings. The molecule has 0 N–H and O–H groups in total. The van der Waals surface area contributed by atoms with Crippen LogP contribution in [0.2, 0.25) is 33.2 Å². The molecular weight excluding hydrogens is 701 g/mol. The first-order valence-corrected chi connectivity index (χ1v) is 24.3. The number of methoxy groups -OCH3 is 2. The van der Waals surface area contributed by atoms with Crippen LogP contribution in [0, 0.1) is 13.8 Å². The minimum atomic E-state index is -2.26. The number of hydrazine groups is 1. The van der Waals surface area contributed by atoms with Crippen molar-refractivity contribution in [3.8, 4) is 34.1 Å². The highest BCUT2D eigenvalue weighted by atomic mass is 28.4. The third-order valence-corrected chi connectivity index (χ3v) is 24.1. The first-order valence-electron chi connectivity index (χ1n) is 20.0. The molecule has 0 aliphatic carbocycles. The lowest BCUT2D eigenvalue weighted by Crippen LogP contribution is -2.51. The third-order valence-electron chi connectivity index (χ3n) is 12.2. The second-order valence-corrected chi connectivity index (χ2v) is 27.9. The van der Waals surface area contributed by atoms with Gasteiger partial charge >= 0.3 is 0 Å². The Hall–Kier alpha value is -3.89. The number of ether oxygens (including phenoxy) is 2. The van der Waals surface area contributed by atoms with Gasteiger partial charge in [0.05, 0.1) is 37.0 Å². The van der Waals surface area contributed by atoms with E-state index < -0.39 is 16.6 Å². The van der Waals surface area contributed by atoms with Crippen molar-refractivity contribution in [3.63, 3.8) is 0 Å². The van der Waals surface area contributed by atoms with Crippen molar-refractivity contribution in [2.45, 2.75) is 130 Å². The fourth-order valence-corrected chi connectivity index (χ4v) is 20.2. The van der Waals surface area contributed by atoms with E-state index in [1.165, 1.54) is 0 Å². The Kier molecular flexibility index (Phi) is 12.3. The number of rotatable bonds is 14. The first kappa shape index (κ1) is 41.3. The quantitative estimate of drug-likeness (QED) is 0.119. The maximum atomic E-state index is 7.47. The number of aryl methyl sites for hydroxylation is 2. The molecule has 4 aromatic carbocycles. The van der Waals surface area contributed by atoms with Gasteiger partial charge in [-0.1, -0.05) is 83.1 Å². The fourth-order valence-electron chi connectivity index (χ4n) is 9.62. The topological polar surface area (TPSA) is 43.4 Å². The summed E-state index contributed by atoms with van der Waals surface area (Å²) in [6, 6.07) is 26.0. The van der Waals surface area contributed by atoms with Gasteiger partial charge in [-0.2, -0.15) is 0 Å². The molecular formula is C46H66N2O4Si2. The minimum absolute atomic E-state index is 0.446. The summed E-state index contributed by atoms with van der Waals surface area (Å²) in [6.45, 7) is 32.6.